The lowest BCUT2D eigenvalue weighted by molar-refractivity contribution is -0.284. The molecule has 2 unspecified atom stereocenters. The summed E-state index contributed by atoms with van der Waals surface area (Å²) in [5.74, 6) is -4.86. The van der Waals surface area contributed by atoms with Gasteiger partial charge in [0.15, 0.2) is 5.82 Å². The molecule has 4 rings (SSSR count). The zero-order valence-electron chi connectivity index (χ0n) is 20.9. The van der Waals surface area contributed by atoms with Crippen molar-refractivity contribution < 1.29 is 35.5 Å². The van der Waals surface area contributed by atoms with Gasteiger partial charge in [-0.3, -0.25) is 9.29 Å². The van der Waals surface area contributed by atoms with Crippen LogP contribution in [-0.2, 0) is 16.4 Å². The van der Waals surface area contributed by atoms with Crippen LogP contribution in [0.2, 0.25) is 0 Å². The first kappa shape index (κ1) is 29.7. The fraction of sp³-hybridized carbons (Fsp3) is 0.500. The zero-order valence-corrected chi connectivity index (χ0v) is 23.3. The quantitative estimate of drug-likeness (QED) is 0.177. The highest BCUT2D eigenvalue weighted by molar-refractivity contribution is 8.01. The van der Waals surface area contributed by atoms with Crippen LogP contribution in [0, 0.1) is 12.8 Å². The van der Waals surface area contributed by atoms with Gasteiger partial charge < -0.3 is 5.11 Å². The minimum atomic E-state index is -5.62. The molecule has 1 aromatic carbocycles. The van der Waals surface area contributed by atoms with Crippen LogP contribution in [0.15, 0.2) is 38.2 Å². The Morgan fingerprint density at radius 1 is 1.18 bits per heavy atom. The number of hydrogen-bond donors (Lipinski definition) is 2. The highest BCUT2D eigenvalue weighted by Crippen LogP contribution is 2.45. The molecule has 0 bridgehead atoms. The Labute approximate surface area is 229 Å². The molecule has 2 heterocycles. The number of nitrogens with zero attached hydrogens (tertiary/aromatic N) is 2. The van der Waals surface area contributed by atoms with Gasteiger partial charge in [0, 0.05) is 12.1 Å². The van der Waals surface area contributed by atoms with Crippen molar-refractivity contribution in [3.05, 3.63) is 50.9 Å². The predicted molar refractivity (Wildman–Crippen MR) is 139 cm³/mol. The summed E-state index contributed by atoms with van der Waals surface area (Å²) < 4.78 is 94.1. The first-order valence-corrected chi connectivity index (χ1v) is 15.3. The Bertz CT molecular complexity index is 1470. The van der Waals surface area contributed by atoms with E-state index in [0.717, 1.165) is 28.7 Å². The van der Waals surface area contributed by atoms with Gasteiger partial charge in [-0.2, -0.15) is 26.9 Å². The molecule has 0 spiro atoms. The largest absolute Gasteiger partial charge is 0.453 e. The number of aliphatic hydroxyl groups excluding tert-OH is 1. The lowest BCUT2D eigenvalue weighted by atomic mass is 9.90. The number of anilines is 1. The summed E-state index contributed by atoms with van der Waals surface area (Å²) in [7, 11) is -4.14. The molecule has 0 saturated heterocycles. The van der Waals surface area contributed by atoms with E-state index < -0.39 is 46.8 Å². The summed E-state index contributed by atoms with van der Waals surface area (Å²) in [6.07, 6.45) is -7.35. The Morgan fingerprint density at radius 2 is 1.85 bits per heavy atom. The van der Waals surface area contributed by atoms with Gasteiger partial charge in [0.25, 0.3) is 10.0 Å². The highest BCUT2D eigenvalue weighted by Gasteiger charge is 2.56. The maximum Gasteiger partial charge on any atom is 0.453 e. The highest BCUT2D eigenvalue weighted by atomic mass is 32.2. The molecule has 2 N–H and O–H groups in total. The number of thioether (sulfide) groups is 1. The second-order valence-electron chi connectivity index (χ2n) is 9.61. The summed E-state index contributed by atoms with van der Waals surface area (Å²) in [5, 5.41) is 10.7. The number of sulfonamides is 1. The van der Waals surface area contributed by atoms with Crippen molar-refractivity contribution in [2.45, 2.75) is 73.3 Å². The van der Waals surface area contributed by atoms with E-state index in [-0.39, 0.29) is 34.5 Å². The van der Waals surface area contributed by atoms with E-state index in [0.29, 0.717) is 27.6 Å². The minimum absolute atomic E-state index is 0.00862. The van der Waals surface area contributed by atoms with Crippen LogP contribution in [-0.4, -0.2) is 40.9 Å². The minimum Gasteiger partial charge on any atom is -0.387 e. The topological polar surface area (TPSA) is 101 Å². The molecule has 1 aliphatic carbocycles. The number of fused-ring (bicyclic) bond motifs is 3. The molecule has 0 aromatic heterocycles. The van der Waals surface area contributed by atoms with Crippen LogP contribution in [0.5, 0.6) is 0 Å². The van der Waals surface area contributed by atoms with Crippen molar-refractivity contribution in [2.24, 2.45) is 5.92 Å². The number of halogens is 5. The van der Waals surface area contributed by atoms with Crippen molar-refractivity contribution in [3.8, 4) is 5.69 Å². The van der Waals surface area contributed by atoms with E-state index in [1.165, 1.54) is 16.7 Å². The van der Waals surface area contributed by atoms with Crippen molar-refractivity contribution >= 4 is 38.9 Å². The molecule has 2 aliphatic heterocycles. The van der Waals surface area contributed by atoms with Crippen LogP contribution in [0.3, 0.4) is 0 Å². The molecule has 214 valence electrons. The molecular formula is C24H26F5N3O4S3. The Kier molecular flexibility index (Phi) is 8.37. The van der Waals surface area contributed by atoms with Crippen molar-refractivity contribution in [1.82, 2.24) is 9.55 Å². The smallest absolute Gasteiger partial charge is 0.387 e. The van der Waals surface area contributed by atoms with Crippen LogP contribution >= 0.6 is 23.1 Å². The van der Waals surface area contributed by atoms with Gasteiger partial charge in [0.1, 0.15) is 5.69 Å². The van der Waals surface area contributed by atoms with Gasteiger partial charge >= 0.3 is 17.8 Å². The van der Waals surface area contributed by atoms with Gasteiger partial charge in [-0.25, -0.2) is 13.2 Å². The number of nitrogens with one attached hydrogen (secondary N) is 1. The molecule has 7 nitrogen and oxygen atoms in total. The summed E-state index contributed by atoms with van der Waals surface area (Å²) in [5.41, 5.74) is 0.764. The van der Waals surface area contributed by atoms with Gasteiger partial charge in [-0.1, -0.05) is 24.6 Å². The lowest BCUT2D eigenvalue weighted by Crippen LogP contribution is -2.36. The number of alkyl halides is 5. The number of aliphatic hydroxyl groups is 1. The van der Waals surface area contributed by atoms with Gasteiger partial charge in [0.05, 0.1) is 20.1 Å². The van der Waals surface area contributed by atoms with E-state index in [9.17, 15) is 40.3 Å². The van der Waals surface area contributed by atoms with Crippen LogP contribution in [0.4, 0.5) is 27.8 Å². The molecule has 15 heteroatoms. The third-order valence-corrected chi connectivity index (χ3v) is 10.4. The third kappa shape index (κ3) is 6.25. The Balaban J connectivity index is 1.67. The molecule has 0 amide bonds. The SMILES string of the molecule is Cc1ccc(S(=O)(=O)Nc2nc(=O)n3c4c(sc(SCCCCC(F)(F)C(F)(F)F)c2-3)C(O)CC(C)C4)cc1. The first-order chi connectivity index (χ1) is 18.1. The van der Waals surface area contributed by atoms with Gasteiger partial charge in [0.2, 0.25) is 0 Å². The third-order valence-electron chi connectivity index (χ3n) is 6.36. The van der Waals surface area contributed by atoms with Crippen molar-refractivity contribution in [2.75, 3.05) is 10.5 Å². The second kappa shape index (κ2) is 11.0. The van der Waals surface area contributed by atoms with Gasteiger partial charge in [-0.05, 0) is 56.4 Å². The predicted octanol–water partition coefficient (Wildman–Crippen LogP) is 5.92. The van der Waals surface area contributed by atoms with E-state index in [2.05, 4.69) is 9.71 Å². The second-order valence-corrected chi connectivity index (χ2v) is 13.7. The maximum absolute atomic E-state index is 13.3. The Morgan fingerprint density at radius 3 is 2.49 bits per heavy atom. The molecule has 1 aromatic rings. The van der Waals surface area contributed by atoms with Gasteiger partial charge in [-0.15, -0.1) is 23.1 Å². The average molecular weight is 612 g/mol. The fourth-order valence-electron chi connectivity index (χ4n) is 4.34. The molecule has 39 heavy (non-hydrogen) atoms. The van der Waals surface area contributed by atoms with E-state index in [1.807, 2.05) is 6.92 Å². The number of aromatic nitrogens is 2. The number of imidazole rings is 1. The van der Waals surface area contributed by atoms with E-state index in [4.69, 9.17) is 0 Å². The number of unbranched alkanes of at least 4 members (excludes halogenated alkanes) is 1. The monoisotopic (exact) mass is 611 g/mol. The maximum atomic E-state index is 13.3. The summed E-state index contributed by atoms with van der Waals surface area (Å²) in [6, 6.07) is 6.04. The lowest BCUT2D eigenvalue weighted by Gasteiger charge is -2.29. The van der Waals surface area contributed by atoms with Crippen LogP contribution in [0.1, 0.15) is 54.8 Å². The number of benzene rings is 1. The fourth-order valence-corrected chi connectivity index (χ4v) is 7.97. The number of aryl methyl sites for hydroxylation is 1. The summed E-state index contributed by atoms with van der Waals surface area (Å²) in [6.45, 7) is 3.70. The van der Waals surface area contributed by atoms with Crippen molar-refractivity contribution in [1.29, 1.82) is 0 Å². The molecule has 0 fully saturated rings. The Hall–Kier alpha value is -2.23. The summed E-state index contributed by atoms with van der Waals surface area (Å²) in [4.78, 5) is 17.4. The van der Waals surface area contributed by atoms with Crippen molar-refractivity contribution in [3.63, 3.8) is 0 Å². The molecule has 3 aliphatic rings. The van der Waals surface area contributed by atoms with Crippen LogP contribution < -0.4 is 10.4 Å². The first-order valence-electron chi connectivity index (χ1n) is 12.0. The number of hydrogen-bond acceptors (Lipinski definition) is 7. The zero-order chi connectivity index (χ0) is 28.8. The van der Waals surface area contributed by atoms with Crippen LogP contribution in [0.25, 0.3) is 5.69 Å². The molecular weight excluding hydrogens is 585 g/mol. The van der Waals surface area contributed by atoms with E-state index in [1.54, 1.807) is 19.1 Å². The summed E-state index contributed by atoms with van der Waals surface area (Å²) >= 11 is 2.22. The molecule has 0 radical (unpaired) electrons. The molecule has 0 saturated carbocycles. The molecule has 2 atom stereocenters. The normalized spacial score (nSPS) is 18.4. The standard InChI is InChI=1S/C24H26F5N3O4S3/c1-13-5-7-15(8-6-13)39(35,36)31-20-18-21(37-10-4-3-9-23(25,26)24(27,28)29)38-19-16(32(18)22(34)30-20)11-14(2)12-17(19)33/h5-8,14,17,33H,3-4,9-12H2,1-2H3,(H,30,31,34). The van der Waals surface area contributed by atoms with E-state index >= 15 is 0 Å². The number of rotatable bonds is 9. The average Bonchev–Trinajstić information content (AvgIpc) is 3.14.